The van der Waals surface area contributed by atoms with Crippen LogP contribution in [0.25, 0.3) is 0 Å². The Labute approximate surface area is 90.9 Å². The van der Waals surface area contributed by atoms with Crippen LogP contribution in [0.2, 0.25) is 0 Å². The zero-order valence-corrected chi connectivity index (χ0v) is 8.53. The Kier molecular flexibility index (Phi) is 2.53. The highest BCUT2D eigenvalue weighted by Crippen LogP contribution is 2.31. The van der Waals surface area contributed by atoms with Crippen LogP contribution in [0.4, 0.5) is 18.9 Å². The van der Waals surface area contributed by atoms with Crippen molar-refractivity contribution in [2.24, 2.45) is 0 Å². The lowest BCUT2D eigenvalue weighted by atomic mass is 10.2. The molecule has 1 unspecified atom stereocenters. The fraction of sp³-hybridized carbons (Fsp3) is 0.273. The van der Waals surface area contributed by atoms with Gasteiger partial charge in [-0.3, -0.25) is 0 Å². The van der Waals surface area contributed by atoms with E-state index in [1.165, 1.54) is 18.4 Å². The first-order chi connectivity index (χ1) is 7.48. The average molecular weight is 229 g/mol. The monoisotopic (exact) mass is 229 g/mol. The van der Waals surface area contributed by atoms with Crippen LogP contribution in [-0.2, 0) is 11.0 Å². The molecule has 1 aromatic rings. The highest BCUT2D eigenvalue weighted by atomic mass is 19.4. The van der Waals surface area contributed by atoms with Crippen molar-refractivity contribution in [3.63, 3.8) is 0 Å². The Morgan fingerprint density at radius 2 is 1.81 bits per heavy atom. The third-order valence-corrected chi connectivity index (χ3v) is 2.35. The first-order valence-corrected chi connectivity index (χ1v) is 4.78. The van der Waals surface area contributed by atoms with E-state index in [2.05, 4.69) is 0 Å². The van der Waals surface area contributed by atoms with Crippen LogP contribution >= 0.6 is 0 Å². The molecule has 0 N–H and O–H groups in total. The minimum Gasteiger partial charge on any atom is -0.387 e. The van der Waals surface area contributed by atoms with Crippen molar-refractivity contribution in [3.8, 4) is 0 Å². The minimum absolute atomic E-state index is 0.0248. The van der Waals surface area contributed by atoms with E-state index in [0.29, 0.717) is 5.69 Å². The van der Waals surface area contributed by atoms with Gasteiger partial charge >= 0.3 is 6.18 Å². The zero-order valence-electron chi connectivity index (χ0n) is 8.53. The van der Waals surface area contributed by atoms with E-state index in [1.807, 2.05) is 13.0 Å². The first-order valence-electron chi connectivity index (χ1n) is 4.78. The number of halogens is 3. The van der Waals surface area contributed by atoms with Crippen LogP contribution in [0.3, 0.4) is 0 Å². The SMILES string of the molecule is CC1C=CON1c1ccc(C(F)(F)F)cc1. The number of anilines is 1. The van der Waals surface area contributed by atoms with Gasteiger partial charge in [-0.05, 0) is 37.3 Å². The summed E-state index contributed by atoms with van der Waals surface area (Å²) >= 11 is 0. The molecule has 0 bridgehead atoms. The molecule has 5 heteroatoms. The van der Waals surface area contributed by atoms with Gasteiger partial charge < -0.3 is 4.84 Å². The van der Waals surface area contributed by atoms with Gasteiger partial charge in [0.05, 0.1) is 17.3 Å². The van der Waals surface area contributed by atoms with E-state index >= 15 is 0 Å². The number of alkyl halides is 3. The maximum Gasteiger partial charge on any atom is 0.416 e. The number of benzene rings is 1. The second kappa shape index (κ2) is 3.73. The van der Waals surface area contributed by atoms with Gasteiger partial charge in [0, 0.05) is 0 Å². The lowest BCUT2D eigenvalue weighted by molar-refractivity contribution is -0.137. The van der Waals surface area contributed by atoms with Crippen molar-refractivity contribution in [1.29, 1.82) is 0 Å². The van der Waals surface area contributed by atoms with Crippen LogP contribution < -0.4 is 5.06 Å². The van der Waals surface area contributed by atoms with Gasteiger partial charge in [-0.25, -0.2) is 5.06 Å². The molecule has 1 aliphatic rings. The van der Waals surface area contributed by atoms with Crippen molar-refractivity contribution >= 4 is 5.69 Å². The van der Waals surface area contributed by atoms with E-state index in [-0.39, 0.29) is 6.04 Å². The zero-order chi connectivity index (χ0) is 11.8. The highest BCUT2D eigenvalue weighted by molar-refractivity contribution is 5.48. The quantitative estimate of drug-likeness (QED) is 0.732. The van der Waals surface area contributed by atoms with Gasteiger partial charge in [0.25, 0.3) is 0 Å². The predicted molar refractivity (Wildman–Crippen MR) is 53.6 cm³/mol. The van der Waals surface area contributed by atoms with E-state index in [9.17, 15) is 13.2 Å². The molecule has 0 amide bonds. The van der Waals surface area contributed by atoms with Gasteiger partial charge in [0.1, 0.15) is 6.26 Å². The van der Waals surface area contributed by atoms with Crippen LogP contribution in [0.1, 0.15) is 12.5 Å². The summed E-state index contributed by atoms with van der Waals surface area (Å²) < 4.78 is 36.9. The van der Waals surface area contributed by atoms with E-state index in [1.54, 1.807) is 5.06 Å². The smallest absolute Gasteiger partial charge is 0.387 e. The summed E-state index contributed by atoms with van der Waals surface area (Å²) in [6.07, 6.45) is -0.964. The summed E-state index contributed by atoms with van der Waals surface area (Å²) in [5.41, 5.74) is -0.0541. The van der Waals surface area contributed by atoms with Crippen molar-refractivity contribution in [3.05, 3.63) is 42.2 Å². The first kappa shape index (κ1) is 10.9. The molecular weight excluding hydrogens is 219 g/mol. The lowest BCUT2D eigenvalue weighted by Gasteiger charge is -2.21. The minimum atomic E-state index is -4.30. The summed E-state index contributed by atoms with van der Waals surface area (Å²) in [6, 6.07) is 4.91. The topological polar surface area (TPSA) is 12.5 Å². The van der Waals surface area contributed by atoms with Crippen LogP contribution in [0.15, 0.2) is 36.6 Å². The van der Waals surface area contributed by atoms with Gasteiger partial charge in [-0.2, -0.15) is 13.2 Å². The molecule has 1 aromatic carbocycles. The van der Waals surface area contributed by atoms with Crippen molar-refractivity contribution in [2.45, 2.75) is 19.1 Å². The summed E-state index contributed by atoms with van der Waals surface area (Å²) in [5, 5.41) is 1.54. The molecule has 86 valence electrons. The van der Waals surface area contributed by atoms with E-state index in [0.717, 1.165) is 12.1 Å². The Morgan fingerprint density at radius 1 is 1.19 bits per heavy atom. The average Bonchev–Trinajstić information content (AvgIpc) is 2.63. The standard InChI is InChI=1S/C11H10F3NO/c1-8-6-7-16-15(8)10-4-2-9(3-5-10)11(12,13)14/h2-8H,1H3. The molecule has 0 saturated heterocycles. The van der Waals surface area contributed by atoms with E-state index in [4.69, 9.17) is 4.84 Å². The molecule has 0 saturated carbocycles. The molecule has 0 radical (unpaired) electrons. The number of rotatable bonds is 1. The summed E-state index contributed by atoms with van der Waals surface area (Å²) in [5.74, 6) is 0. The normalized spacial score (nSPS) is 20.0. The van der Waals surface area contributed by atoms with Crippen molar-refractivity contribution in [1.82, 2.24) is 0 Å². The number of nitrogens with zero attached hydrogens (tertiary/aromatic N) is 1. The van der Waals surface area contributed by atoms with Crippen LogP contribution in [-0.4, -0.2) is 6.04 Å². The maximum atomic E-state index is 12.3. The second-order valence-corrected chi connectivity index (χ2v) is 3.54. The van der Waals surface area contributed by atoms with Crippen LogP contribution in [0, 0.1) is 0 Å². The Morgan fingerprint density at radius 3 is 2.25 bits per heavy atom. The molecular formula is C11H10F3NO. The fourth-order valence-corrected chi connectivity index (χ4v) is 1.48. The molecule has 1 heterocycles. The largest absolute Gasteiger partial charge is 0.416 e. The molecule has 0 spiro atoms. The Hall–Kier alpha value is -1.65. The second-order valence-electron chi connectivity index (χ2n) is 3.54. The van der Waals surface area contributed by atoms with Gasteiger partial charge in [-0.1, -0.05) is 0 Å². The fourth-order valence-electron chi connectivity index (χ4n) is 1.48. The predicted octanol–water partition coefficient (Wildman–Crippen LogP) is 3.36. The summed E-state index contributed by atoms with van der Waals surface area (Å²) in [4.78, 5) is 5.15. The third kappa shape index (κ3) is 1.98. The van der Waals surface area contributed by atoms with Gasteiger partial charge in [0.2, 0.25) is 0 Å². The number of hydrogen-bond donors (Lipinski definition) is 0. The molecule has 16 heavy (non-hydrogen) atoms. The van der Waals surface area contributed by atoms with Gasteiger partial charge in [-0.15, -0.1) is 0 Å². The molecule has 1 aliphatic heterocycles. The van der Waals surface area contributed by atoms with Crippen LogP contribution in [0.5, 0.6) is 0 Å². The molecule has 0 aliphatic carbocycles. The molecule has 0 aromatic heterocycles. The summed E-state index contributed by atoms with van der Waals surface area (Å²) in [6.45, 7) is 1.89. The molecule has 2 nitrogen and oxygen atoms in total. The molecule has 2 rings (SSSR count). The maximum absolute atomic E-state index is 12.3. The Bertz CT molecular complexity index is 397. The number of hydroxylamine groups is 1. The van der Waals surface area contributed by atoms with E-state index < -0.39 is 11.7 Å². The summed E-state index contributed by atoms with van der Waals surface area (Å²) in [7, 11) is 0. The van der Waals surface area contributed by atoms with Crippen molar-refractivity contribution < 1.29 is 18.0 Å². The van der Waals surface area contributed by atoms with Crippen molar-refractivity contribution in [2.75, 3.05) is 5.06 Å². The molecule has 0 fully saturated rings. The highest BCUT2D eigenvalue weighted by Gasteiger charge is 2.30. The molecule has 1 atom stereocenters. The van der Waals surface area contributed by atoms with Gasteiger partial charge in [0.15, 0.2) is 0 Å². The number of hydrogen-bond acceptors (Lipinski definition) is 2. The lowest BCUT2D eigenvalue weighted by Crippen LogP contribution is -2.25. The Balaban J connectivity index is 2.20. The third-order valence-electron chi connectivity index (χ3n) is 2.35.